The van der Waals surface area contributed by atoms with Gasteiger partial charge in [0.1, 0.15) is 0 Å². The summed E-state index contributed by atoms with van der Waals surface area (Å²) in [6, 6.07) is 8.90. The fourth-order valence-corrected chi connectivity index (χ4v) is 3.94. The number of para-hydroxylation sites is 1. The lowest BCUT2D eigenvalue weighted by Gasteiger charge is -2.24. The van der Waals surface area contributed by atoms with Crippen molar-refractivity contribution in [3.63, 3.8) is 0 Å². The summed E-state index contributed by atoms with van der Waals surface area (Å²) in [4.78, 5) is 4.70. The summed E-state index contributed by atoms with van der Waals surface area (Å²) in [6.45, 7) is 10.2. The van der Waals surface area contributed by atoms with E-state index in [2.05, 4.69) is 56.3 Å². The summed E-state index contributed by atoms with van der Waals surface area (Å²) in [5.74, 6) is 0.747. The Hall–Kier alpha value is -0.580. The Bertz CT molecular complexity index is 487. The maximum Gasteiger partial charge on any atom is 0.166 e. The maximum atomic E-state index is 4.70. The molecule has 1 aromatic carbocycles. The van der Waals surface area contributed by atoms with Crippen molar-refractivity contribution >= 4 is 33.5 Å². The predicted molar refractivity (Wildman–Crippen MR) is 86.8 cm³/mol. The van der Waals surface area contributed by atoms with Crippen LogP contribution >= 0.6 is 23.3 Å². The fourth-order valence-electron chi connectivity index (χ4n) is 1.79. The molecule has 0 fully saturated rings. The van der Waals surface area contributed by atoms with Crippen molar-refractivity contribution in [3.05, 3.63) is 24.3 Å². The van der Waals surface area contributed by atoms with Crippen LogP contribution in [0, 0.1) is 5.92 Å². The van der Waals surface area contributed by atoms with Crippen LogP contribution in [-0.4, -0.2) is 21.9 Å². The molecule has 4 heteroatoms. The van der Waals surface area contributed by atoms with Crippen molar-refractivity contribution in [2.75, 3.05) is 6.54 Å². The molecule has 2 rings (SSSR count). The van der Waals surface area contributed by atoms with Crippen molar-refractivity contribution in [2.24, 2.45) is 5.92 Å². The van der Waals surface area contributed by atoms with Crippen molar-refractivity contribution in [1.82, 2.24) is 9.29 Å². The highest BCUT2D eigenvalue weighted by Gasteiger charge is 2.14. The fraction of sp³-hybridized carbons (Fsp3) is 0.533. The summed E-state index contributed by atoms with van der Waals surface area (Å²) >= 11 is 3.59. The van der Waals surface area contributed by atoms with Gasteiger partial charge in [-0.25, -0.2) is 9.29 Å². The molecule has 1 heterocycles. The Labute approximate surface area is 124 Å². The number of benzene rings is 1. The van der Waals surface area contributed by atoms with Crippen molar-refractivity contribution in [1.29, 1.82) is 0 Å². The van der Waals surface area contributed by atoms with Gasteiger partial charge in [0, 0.05) is 12.6 Å². The number of thiazole rings is 1. The first kappa shape index (κ1) is 14.8. The average molecular weight is 294 g/mol. The number of hydrogen-bond acceptors (Lipinski definition) is 4. The second-order valence-electron chi connectivity index (χ2n) is 5.46. The molecule has 19 heavy (non-hydrogen) atoms. The van der Waals surface area contributed by atoms with E-state index in [4.69, 9.17) is 4.98 Å². The minimum atomic E-state index is 0.538. The Kier molecular flexibility index (Phi) is 5.25. The van der Waals surface area contributed by atoms with Crippen LogP contribution < -0.4 is 0 Å². The third-order valence-electron chi connectivity index (χ3n) is 2.97. The molecule has 2 aromatic rings. The summed E-state index contributed by atoms with van der Waals surface area (Å²) < 4.78 is 4.87. The van der Waals surface area contributed by atoms with Crippen LogP contribution in [0.4, 0.5) is 0 Å². The zero-order chi connectivity index (χ0) is 13.8. The molecular weight excluding hydrogens is 272 g/mol. The molecule has 1 aromatic heterocycles. The minimum Gasteiger partial charge on any atom is -0.242 e. The van der Waals surface area contributed by atoms with Gasteiger partial charge in [-0.3, -0.25) is 0 Å². The highest BCUT2D eigenvalue weighted by Crippen LogP contribution is 2.32. The van der Waals surface area contributed by atoms with E-state index in [0.29, 0.717) is 6.04 Å². The largest absolute Gasteiger partial charge is 0.242 e. The van der Waals surface area contributed by atoms with Gasteiger partial charge in [-0.2, -0.15) is 0 Å². The van der Waals surface area contributed by atoms with Crippen LogP contribution in [0.1, 0.15) is 34.1 Å². The Morgan fingerprint density at radius 1 is 1.21 bits per heavy atom. The number of hydrogen-bond donors (Lipinski definition) is 0. The van der Waals surface area contributed by atoms with Gasteiger partial charge in [-0.05, 0) is 50.3 Å². The van der Waals surface area contributed by atoms with Crippen molar-refractivity contribution < 1.29 is 0 Å². The van der Waals surface area contributed by atoms with E-state index in [9.17, 15) is 0 Å². The van der Waals surface area contributed by atoms with E-state index in [1.807, 2.05) is 0 Å². The summed E-state index contributed by atoms with van der Waals surface area (Å²) in [5, 5.41) is 0. The summed E-state index contributed by atoms with van der Waals surface area (Å²) in [7, 11) is 0. The van der Waals surface area contributed by atoms with Crippen LogP contribution in [0.15, 0.2) is 28.6 Å². The highest BCUT2D eigenvalue weighted by molar-refractivity contribution is 7.98. The van der Waals surface area contributed by atoms with Crippen LogP contribution in [0.3, 0.4) is 0 Å². The molecule has 0 unspecified atom stereocenters. The Morgan fingerprint density at radius 2 is 1.95 bits per heavy atom. The lowest BCUT2D eigenvalue weighted by Crippen LogP contribution is -2.25. The Morgan fingerprint density at radius 3 is 2.58 bits per heavy atom. The van der Waals surface area contributed by atoms with Crippen LogP contribution in [0.2, 0.25) is 0 Å². The van der Waals surface area contributed by atoms with Gasteiger partial charge in [0.2, 0.25) is 0 Å². The molecular formula is C15H22N2S2. The maximum absolute atomic E-state index is 4.70. The molecule has 0 aliphatic rings. The molecule has 0 saturated heterocycles. The molecule has 0 radical (unpaired) electrons. The first-order valence-corrected chi connectivity index (χ1v) is 8.45. The molecule has 0 aliphatic heterocycles. The normalized spacial score (nSPS) is 12.2. The SMILES string of the molecule is CC(C)CCN(Sc1nc2ccccc2s1)C(C)C. The van der Waals surface area contributed by atoms with E-state index in [1.165, 1.54) is 11.1 Å². The monoisotopic (exact) mass is 294 g/mol. The van der Waals surface area contributed by atoms with Crippen molar-refractivity contribution in [3.8, 4) is 0 Å². The average Bonchev–Trinajstić information content (AvgIpc) is 2.76. The van der Waals surface area contributed by atoms with Crippen LogP contribution in [0.25, 0.3) is 10.2 Å². The minimum absolute atomic E-state index is 0.538. The molecule has 0 amide bonds. The lowest BCUT2D eigenvalue weighted by molar-refractivity contribution is 0.365. The summed E-state index contributed by atoms with van der Waals surface area (Å²) in [6.07, 6.45) is 1.23. The molecule has 0 saturated carbocycles. The second-order valence-corrected chi connectivity index (χ2v) is 7.78. The smallest absolute Gasteiger partial charge is 0.166 e. The number of fused-ring (bicyclic) bond motifs is 1. The summed E-state index contributed by atoms with van der Waals surface area (Å²) in [5.41, 5.74) is 1.11. The molecule has 104 valence electrons. The second kappa shape index (κ2) is 6.73. The van der Waals surface area contributed by atoms with Crippen molar-refractivity contribution in [2.45, 2.75) is 44.5 Å². The first-order chi connectivity index (χ1) is 9.06. The first-order valence-electron chi connectivity index (χ1n) is 6.86. The molecule has 0 spiro atoms. The lowest BCUT2D eigenvalue weighted by atomic mass is 10.1. The van der Waals surface area contributed by atoms with E-state index in [-0.39, 0.29) is 0 Å². The zero-order valence-corrected chi connectivity index (χ0v) is 13.7. The van der Waals surface area contributed by atoms with Gasteiger partial charge in [-0.15, -0.1) is 11.3 Å². The predicted octanol–water partition coefficient (Wildman–Crippen LogP) is 5.06. The van der Waals surface area contributed by atoms with E-state index < -0.39 is 0 Å². The molecule has 2 nitrogen and oxygen atoms in total. The number of nitrogens with zero attached hydrogens (tertiary/aromatic N) is 2. The van der Waals surface area contributed by atoms with Crippen LogP contribution in [-0.2, 0) is 0 Å². The topological polar surface area (TPSA) is 16.1 Å². The highest BCUT2D eigenvalue weighted by atomic mass is 32.2. The van der Waals surface area contributed by atoms with Gasteiger partial charge < -0.3 is 0 Å². The number of aromatic nitrogens is 1. The molecule has 0 aliphatic carbocycles. The van der Waals surface area contributed by atoms with Gasteiger partial charge in [0.05, 0.1) is 10.2 Å². The molecule has 0 N–H and O–H groups in total. The van der Waals surface area contributed by atoms with E-state index in [1.54, 1.807) is 23.3 Å². The van der Waals surface area contributed by atoms with Crippen LogP contribution in [0.5, 0.6) is 0 Å². The van der Waals surface area contributed by atoms with Gasteiger partial charge in [0.25, 0.3) is 0 Å². The standard InChI is InChI=1S/C15H22N2S2/c1-11(2)9-10-17(12(3)4)19-15-16-13-7-5-6-8-14(13)18-15/h5-8,11-12H,9-10H2,1-4H3. The zero-order valence-electron chi connectivity index (χ0n) is 12.1. The van der Waals surface area contributed by atoms with E-state index in [0.717, 1.165) is 22.3 Å². The third kappa shape index (κ3) is 4.20. The number of rotatable bonds is 6. The van der Waals surface area contributed by atoms with Gasteiger partial charge in [0.15, 0.2) is 4.34 Å². The third-order valence-corrected chi connectivity index (χ3v) is 5.36. The van der Waals surface area contributed by atoms with Gasteiger partial charge >= 0.3 is 0 Å². The van der Waals surface area contributed by atoms with E-state index >= 15 is 0 Å². The molecule has 0 atom stereocenters. The Balaban J connectivity index is 2.07. The quantitative estimate of drug-likeness (QED) is 0.693. The van der Waals surface area contributed by atoms with Gasteiger partial charge in [-0.1, -0.05) is 26.0 Å². The molecule has 0 bridgehead atoms.